The predicted octanol–water partition coefficient (Wildman–Crippen LogP) is 1.54. The first kappa shape index (κ1) is 12.9. The second kappa shape index (κ2) is 5.46. The van der Waals surface area contributed by atoms with Crippen molar-refractivity contribution in [2.75, 3.05) is 6.54 Å². The Bertz CT molecular complexity index is 610. The Balaban J connectivity index is 1.73. The van der Waals surface area contributed by atoms with E-state index >= 15 is 0 Å². The maximum atomic E-state index is 11.2. The number of rotatable bonds is 4. The van der Waals surface area contributed by atoms with Crippen molar-refractivity contribution >= 4 is 5.97 Å². The zero-order valence-electron chi connectivity index (χ0n) is 11.1. The first-order chi connectivity index (χ1) is 9.74. The number of aromatic nitrogens is 2. The van der Waals surface area contributed by atoms with Gasteiger partial charge in [-0.1, -0.05) is 18.2 Å². The van der Waals surface area contributed by atoms with E-state index in [1.54, 1.807) is 12.1 Å². The number of carbonyl (C=O) groups is 1. The Kier molecular flexibility index (Phi) is 3.52. The van der Waals surface area contributed by atoms with E-state index in [2.05, 4.69) is 15.3 Å². The van der Waals surface area contributed by atoms with Gasteiger partial charge in [-0.25, -0.2) is 9.78 Å². The van der Waals surface area contributed by atoms with E-state index in [0.717, 1.165) is 48.7 Å². The highest BCUT2D eigenvalue weighted by Gasteiger charge is 2.14. The van der Waals surface area contributed by atoms with Crippen molar-refractivity contribution in [2.45, 2.75) is 25.8 Å². The second-order valence-electron chi connectivity index (χ2n) is 5.00. The van der Waals surface area contributed by atoms with Crippen LogP contribution in [0.1, 0.15) is 33.1 Å². The van der Waals surface area contributed by atoms with Gasteiger partial charge in [-0.2, -0.15) is 0 Å². The van der Waals surface area contributed by atoms with Gasteiger partial charge in [-0.3, -0.25) is 0 Å². The molecule has 0 saturated carbocycles. The number of nitrogens with zero attached hydrogens (tertiary/aromatic N) is 1. The number of hydrogen-bond donors (Lipinski definition) is 3. The number of carboxylic acids is 1. The van der Waals surface area contributed by atoms with Crippen molar-refractivity contribution in [3.8, 4) is 0 Å². The van der Waals surface area contributed by atoms with Crippen molar-refractivity contribution in [3.63, 3.8) is 0 Å². The lowest BCUT2D eigenvalue weighted by molar-refractivity contribution is 0.0695. The van der Waals surface area contributed by atoms with Gasteiger partial charge in [-0.05, 0) is 18.1 Å². The molecule has 0 radical (unpaired) electrons. The van der Waals surface area contributed by atoms with Gasteiger partial charge in [0.2, 0.25) is 0 Å². The Labute approximate surface area is 117 Å². The number of aromatic amines is 1. The minimum Gasteiger partial charge on any atom is -0.478 e. The number of hydrogen-bond acceptors (Lipinski definition) is 3. The van der Waals surface area contributed by atoms with Gasteiger partial charge < -0.3 is 15.4 Å². The molecule has 1 aromatic heterocycles. The Hall–Kier alpha value is -2.14. The summed E-state index contributed by atoms with van der Waals surface area (Å²) in [5.74, 6) is 0.0717. The van der Waals surface area contributed by atoms with E-state index in [9.17, 15) is 4.79 Å². The number of benzene rings is 1. The zero-order chi connectivity index (χ0) is 13.9. The molecule has 0 bridgehead atoms. The Morgan fingerprint density at radius 2 is 2.15 bits per heavy atom. The molecule has 2 aromatic rings. The largest absolute Gasteiger partial charge is 0.478 e. The fraction of sp³-hybridized carbons (Fsp3) is 0.333. The highest BCUT2D eigenvalue weighted by atomic mass is 16.4. The highest BCUT2D eigenvalue weighted by molar-refractivity contribution is 5.89. The molecule has 1 aliphatic heterocycles. The summed E-state index contributed by atoms with van der Waals surface area (Å²) in [4.78, 5) is 19.1. The maximum Gasteiger partial charge on any atom is 0.335 e. The summed E-state index contributed by atoms with van der Waals surface area (Å²) in [6.45, 7) is 1.81. The van der Waals surface area contributed by atoms with Gasteiger partial charge in [0.1, 0.15) is 5.82 Å². The molecule has 1 aromatic carbocycles. The van der Waals surface area contributed by atoms with E-state index < -0.39 is 5.97 Å². The van der Waals surface area contributed by atoms with E-state index in [1.807, 2.05) is 12.1 Å². The van der Waals surface area contributed by atoms with Crippen molar-refractivity contribution in [3.05, 3.63) is 52.6 Å². The van der Waals surface area contributed by atoms with Gasteiger partial charge >= 0.3 is 5.97 Å². The SMILES string of the molecule is O=C(O)c1ccccc1CCc1nc2c([nH]1)CNCC2. The second-order valence-corrected chi connectivity index (χ2v) is 5.00. The summed E-state index contributed by atoms with van der Waals surface area (Å²) in [6.07, 6.45) is 2.37. The average Bonchev–Trinajstić information content (AvgIpc) is 2.88. The summed E-state index contributed by atoms with van der Waals surface area (Å²) >= 11 is 0. The summed E-state index contributed by atoms with van der Waals surface area (Å²) in [7, 11) is 0. The molecular weight excluding hydrogens is 254 g/mol. The van der Waals surface area contributed by atoms with E-state index in [1.165, 1.54) is 0 Å². The van der Waals surface area contributed by atoms with Gasteiger partial charge in [0, 0.05) is 25.9 Å². The number of nitrogens with one attached hydrogen (secondary N) is 2. The monoisotopic (exact) mass is 271 g/mol. The Morgan fingerprint density at radius 1 is 1.30 bits per heavy atom. The van der Waals surface area contributed by atoms with Gasteiger partial charge in [0.05, 0.1) is 17.0 Å². The molecule has 0 unspecified atom stereocenters. The van der Waals surface area contributed by atoms with E-state index in [-0.39, 0.29) is 0 Å². The van der Waals surface area contributed by atoms with Crippen LogP contribution in [-0.2, 0) is 25.8 Å². The highest BCUT2D eigenvalue weighted by Crippen LogP contribution is 2.14. The van der Waals surface area contributed by atoms with E-state index in [4.69, 9.17) is 5.11 Å². The molecule has 3 rings (SSSR count). The number of aryl methyl sites for hydroxylation is 2. The molecule has 0 amide bonds. The van der Waals surface area contributed by atoms with Crippen LogP contribution in [0, 0.1) is 0 Å². The van der Waals surface area contributed by atoms with Crippen LogP contribution >= 0.6 is 0 Å². The lowest BCUT2D eigenvalue weighted by Gasteiger charge is -2.09. The summed E-state index contributed by atoms with van der Waals surface area (Å²) < 4.78 is 0. The molecule has 2 heterocycles. The van der Waals surface area contributed by atoms with Gasteiger partial charge in [0.25, 0.3) is 0 Å². The van der Waals surface area contributed by atoms with Crippen LogP contribution in [-0.4, -0.2) is 27.6 Å². The van der Waals surface area contributed by atoms with Crippen molar-refractivity contribution in [2.24, 2.45) is 0 Å². The molecule has 0 atom stereocenters. The molecule has 1 aliphatic rings. The zero-order valence-corrected chi connectivity index (χ0v) is 11.1. The molecule has 0 spiro atoms. The molecule has 5 heteroatoms. The van der Waals surface area contributed by atoms with Gasteiger partial charge in [-0.15, -0.1) is 0 Å². The normalized spacial score (nSPS) is 14.0. The first-order valence-electron chi connectivity index (χ1n) is 6.82. The Morgan fingerprint density at radius 3 is 2.95 bits per heavy atom. The molecule has 0 fully saturated rings. The summed E-state index contributed by atoms with van der Waals surface area (Å²) in [5.41, 5.74) is 3.54. The molecular formula is C15H17N3O2. The lowest BCUT2D eigenvalue weighted by Crippen LogP contribution is -2.23. The molecule has 0 saturated heterocycles. The average molecular weight is 271 g/mol. The molecule has 0 aliphatic carbocycles. The van der Waals surface area contributed by atoms with Crippen molar-refractivity contribution < 1.29 is 9.90 Å². The standard InChI is InChI=1S/C15H17N3O2/c19-15(20)11-4-2-1-3-10(11)5-6-14-17-12-7-8-16-9-13(12)18-14/h1-4,16H,5-9H2,(H,17,18)(H,19,20). The molecule has 5 nitrogen and oxygen atoms in total. The topological polar surface area (TPSA) is 78.0 Å². The lowest BCUT2D eigenvalue weighted by atomic mass is 10.0. The molecule has 3 N–H and O–H groups in total. The quantitative estimate of drug-likeness (QED) is 0.788. The minimum atomic E-state index is -0.872. The van der Waals surface area contributed by atoms with E-state index in [0.29, 0.717) is 12.0 Å². The van der Waals surface area contributed by atoms with Crippen LogP contribution in [0.3, 0.4) is 0 Å². The minimum absolute atomic E-state index is 0.380. The van der Waals surface area contributed by atoms with Gasteiger partial charge in [0.15, 0.2) is 0 Å². The third kappa shape index (κ3) is 2.58. The summed E-state index contributed by atoms with van der Waals surface area (Å²) in [5, 5.41) is 12.5. The van der Waals surface area contributed by atoms with Crippen molar-refractivity contribution in [1.29, 1.82) is 0 Å². The number of H-pyrrole nitrogens is 1. The number of fused-ring (bicyclic) bond motifs is 1. The third-order valence-corrected chi connectivity index (χ3v) is 3.63. The summed E-state index contributed by atoms with van der Waals surface area (Å²) in [6, 6.07) is 7.14. The third-order valence-electron chi connectivity index (χ3n) is 3.63. The van der Waals surface area contributed by atoms with Crippen LogP contribution in [0.15, 0.2) is 24.3 Å². The number of imidazole rings is 1. The number of carboxylic acid groups (broad SMARTS) is 1. The maximum absolute atomic E-state index is 11.2. The molecule has 20 heavy (non-hydrogen) atoms. The molecule has 104 valence electrons. The van der Waals surface area contributed by atoms with Crippen LogP contribution in [0.2, 0.25) is 0 Å². The van der Waals surface area contributed by atoms with Crippen LogP contribution in [0.4, 0.5) is 0 Å². The fourth-order valence-electron chi connectivity index (χ4n) is 2.60. The van der Waals surface area contributed by atoms with Crippen LogP contribution < -0.4 is 5.32 Å². The smallest absolute Gasteiger partial charge is 0.335 e. The fourth-order valence-corrected chi connectivity index (χ4v) is 2.60. The van der Waals surface area contributed by atoms with Crippen LogP contribution in [0.5, 0.6) is 0 Å². The first-order valence-corrected chi connectivity index (χ1v) is 6.82. The number of aromatic carboxylic acids is 1. The van der Waals surface area contributed by atoms with Crippen LogP contribution in [0.25, 0.3) is 0 Å². The van der Waals surface area contributed by atoms with Crippen molar-refractivity contribution in [1.82, 2.24) is 15.3 Å². The predicted molar refractivity (Wildman–Crippen MR) is 74.8 cm³/mol.